The Kier molecular flexibility index (Phi) is 3.91. The van der Waals surface area contributed by atoms with Gasteiger partial charge in [0.05, 0.1) is 11.3 Å². The van der Waals surface area contributed by atoms with Crippen molar-refractivity contribution in [1.82, 2.24) is 0 Å². The van der Waals surface area contributed by atoms with Crippen LogP contribution < -0.4 is 10.6 Å². The molecule has 0 atom stereocenters. The first-order chi connectivity index (χ1) is 9.58. The third-order valence-corrected chi connectivity index (χ3v) is 2.45. The van der Waals surface area contributed by atoms with E-state index >= 15 is 0 Å². The van der Waals surface area contributed by atoms with Crippen LogP contribution in [0.5, 0.6) is 0 Å². The summed E-state index contributed by atoms with van der Waals surface area (Å²) in [4.78, 5) is 11.7. The van der Waals surface area contributed by atoms with Crippen LogP contribution >= 0.6 is 0 Å². The fraction of sp³-hybridized carbons (Fsp3) is 0. The van der Waals surface area contributed by atoms with E-state index in [1.807, 2.05) is 0 Å². The summed E-state index contributed by atoms with van der Waals surface area (Å²) in [5.41, 5.74) is 0.595. The summed E-state index contributed by atoms with van der Waals surface area (Å²) in [6.07, 6.45) is 0. The number of nitriles is 1. The molecule has 0 aromatic heterocycles. The number of rotatable bonds is 2. The van der Waals surface area contributed by atoms with Crippen molar-refractivity contribution in [2.75, 3.05) is 10.6 Å². The number of nitrogens with one attached hydrogen (secondary N) is 2. The van der Waals surface area contributed by atoms with Gasteiger partial charge in [-0.2, -0.15) is 5.26 Å². The molecule has 0 saturated carbocycles. The first kappa shape index (κ1) is 13.5. The van der Waals surface area contributed by atoms with Gasteiger partial charge in [0.15, 0.2) is 0 Å². The molecular weight excluding hydrogens is 264 g/mol. The zero-order valence-electron chi connectivity index (χ0n) is 10.2. The topological polar surface area (TPSA) is 64.9 Å². The molecule has 0 aliphatic rings. The lowest BCUT2D eigenvalue weighted by Crippen LogP contribution is -2.20. The summed E-state index contributed by atoms with van der Waals surface area (Å²) in [5, 5.41) is 13.7. The second kappa shape index (κ2) is 5.80. The molecule has 0 aliphatic carbocycles. The first-order valence-corrected chi connectivity index (χ1v) is 5.62. The Morgan fingerprint density at radius 3 is 2.30 bits per heavy atom. The first-order valence-electron chi connectivity index (χ1n) is 5.62. The van der Waals surface area contributed by atoms with Crippen LogP contribution in [0.2, 0.25) is 0 Å². The number of hydrogen-bond acceptors (Lipinski definition) is 2. The highest BCUT2D eigenvalue weighted by Gasteiger charge is 2.08. The molecule has 0 unspecified atom stereocenters. The Morgan fingerprint density at radius 1 is 1.00 bits per heavy atom. The third-order valence-electron chi connectivity index (χ3n) is 2.45. The molecule has 2 aromatic carbocycles. The maximum absolute atomic E-state index is 12.9. The third kappa shape index (κ3) is 3.29. The van der Waals surface area contributed by atoms with E-state index in [-0.39, 0.29) is 11.3 Å². The smallest absolute Gasteiger partial charge is 0.308 e. The molecule has 2 N–H and O–H groups in total. The Hall–Kier alpha value is -2.94. The van der Waals surface area contributed by atoms with Gasteiger partial charge in [0.1, 0.15) is 17.7 Å². The van der Waals surface area contributed by atoms with Crippen molar-refractivity contribution >= 4 is 17.4 Å². The molecule has 2 aromatic rings. The normalized spacial score (nSPS) is 9.65. The zero-order valence-corrected chi connectivity index (χ0v) is 10.2. The summed E-state index contributed by atoms with van der Waals surface area (Å²) in [6.45, 7) is 0. The number of anilines is 2. The van der Waals surface area contributed by atoms with Crippen molar-refractivity contribution in [3.63, 3.8) is 0 Å². The number of carbonyl (C=O) groups excluding carboxylic acids is 1. The molecule has 0 aliphatic heterocycles. The molecule has 2 rings (SSSR count). The molecular formula is C14H9F2N3O. The van der Waals surface area contributed by atoms with Gasteiger partial charge in [-0.15, -0.1) is 0 Å². The van der Waals surface area contributed by atoms with E-state index in [2.05, 4.69) is 10.6 Å². The quantitative estimate of drug-likeness (QED) is 0.879. The predicted octanol–water partition coefficient (Wildman–Crippen LogP) is 3.48. The van der Waals surface area contributed by atoms with Crippen LogP contribution in [0, 0.1) is 23.0 Å². The van der Waals surface area contributed by atoms with Crippen LogP contribution in [0.15, 0.2) is 42.5 Å². The van der Waals surface area contributed by atoms with Crippen LogP contribution in [0.1, 0.15) is 5.56 Å². The Labute approximate surface area is 113 Å². The van der Waals surface area contributed by atoms with Crippen molar-refractivity contribution in [2.24, 2.45) is 0 Å². The van der Waals surface area contributed by atoms with Crippen molar-refractivity contribution < 1.29 is 13.6 Å². The standard InChI is InChI=1S/C14H9F2N3O/c15-10-1-4-12(5-2-10)18-14(20)19-13-6-3-11(16)7-9(13)8-17/h1-7H,(H2,18,19,20). The van der Waals surface area contributed by atoms with Crippen molar-refractivity contribution in [1.29, 1.82) is 5.26 Å². The Balaban J connectivity index is 2.09. The van der Waals surface area contributed by atoms with E-state index < -0.39 is 17.7 Å². The monoisotopic (exact) mass is 273 g/mol. The number of carbonyl (C=O) groups is 1. The molecule has 0 spiro atoms. The van der Waals surface area contributed by atoms with E-state index in [0.717, 1.165) is 12.1 Å². The molecule has 20 heavy (non-hydrogen) atoms. The summed E-state index contributed by atoms with van der Waals surface area (Å²) >= 11 is 0. The lowest BCUT2D eigenvalue weighted by Gasteiger charge is -2.08. The highest BCUT2D eigenvalue weighted by atomic mass is 19.1. The summed E-state index contributed by atoms with van der Waals surface area (Å²) < 4.78 is 25.6. The van der Waals surface area contributed by atoms with Crippen LogP contribution in [0.25, 0.3) is 0 Å². The molecule has 0 bridgehead atoms. The van der Waals surface area contributed by atoms with E-state index in [9.17, 15) is 13.6 Å². The minimum absolute atomic E-state index is 0.0132. The Bertz CT molecular complexity index is 678. The SMILES string of the molecule is N#Cc1cc(F)ccc1NC(=O)Nc1ccc(F)cc1. The number of nitrogens with zero attached hydrogens (tertiary/aromatic N) is 1. The van der Waals surface area contributed by atoms with E-state index in [1.165, 1.54) is 30.3 Å². The second-order valence-corrected chi connectivity index (χ2v) is 3.89. The van der Waals surface area contributed by atoms with Gasteiger partial charge in [-0.05, 0) is 42.5 Å². The van der Waals surface area contributed by atoms with E-state index in [0.29, 0.717) is 5.69 Å². The maximum Gasteiger partial charge on any atom is 0.323 e. The fourth-order valence-corrected chi connectivity index (χ4v) is 1.54. The highest BCUT2D eigenvalue weighted by molar-refractivity contribution is 6.00. The zero-order chi connectivity index (χ0) is 14.5. The number of urea groups is 1. The summed E-state index contributed by atoms with van der Waals surface area (Å²) in [7, 11) is 0. The maximum atomic E-state index is 12.9. The fourth-order valence-electron chi connectivity index (χ4n) is 1.54. The van der Waals surface area contributed by atoms with E-state index in [1.54, 1.807) is 6.07 Å². The minimum atomic E-state index is -0.611. The second-order valence-electron chi connectivity index (χ2n) is 3.89. The van der Waals surface area contributed by atoms with Crippen LogP contribution in [-0.4, -0.2) is 6.03 Å². The number of amides is 2. The summed E-state index contributed by atoms with van der Waals surface area (Å²) in [5.74, 6) is -0.979. The van der Waals surface area contributed by atoms with Gasteiger partial charge < -0.3 is 10.6 Å². The van der Waals surface area contributed by atoms with Gasteiger partial charge in [-0.1, -0.05) is 0 Å². The van der Waals surface area contributed by atoms with Gasteiger partial charge >= 0.3 is 6.03 Å². The van der Waals surface area contributed by atoms with Gasteiger partial charge in [0, 0.05) is 5.69 Å². The van der Waals surface area contributed by atoms with Crippen LogP contribution in [0.3, 0.4) is 0 Å². The largest absolute Gasteiger partial charge is 0.323 e. The van der Waals surface area contributed by atoms with Crippen LogP contribution in [-0.2, 0) is 0 Å². The van der Waals surface area contributed by atoms with Crippen molar-refractivity contribution in [3.8, 4) is 6.07 Å². The van der Waals surface area contributed by atoms with Gasteiger partial charge in [-0.3, -0.25) is 0 Å². The molecule has 0 fully saturated rings. The number of hydrogen-bond donors (Lipinski definition) is 2. The van der Waals surface area contributed by atoms with Crippen molar-refractivity contribution in [3.05, 3.63) is 59.7 Å². The lowest BCUT2D eigenvalue weighted by molar-refractivity contribution is 0.262. The van der Waals surface area contributed by atoms with Crippen molar-refractivity contribution in [2.45, 2.75) is 0 Å². The number of benzene rings is 2. The lowest BCUT2D eigenvalue weighted by atomic mass is 10.2. The van der Waals surface area contributed by atoms with Gasteiger partial charge in [0.25, 0.3) is 0 Å². The van der Waals surface area contributed by atoms with Crippen LogP contribution in [0.4, 0.5) is 25.0 Å². The van der Waals surface area contributed by atoms with Gasteiger partial charge in [0.2, 0.25) is 0 Å². The highest BCUT2D eigenvalue weighted by Crippen LogP contribution is 2.16. The summed E-state index contributed by atoms with van der Waals surface area (Å²) in [6, 6.07) is 9.81. The molecule has 0 radical (unpaired) electrons. The molecule has 6 heteroatoms. The predicted molar refractivity (Wildman–Crippen MR) is 70.2 cm³/mol. The molecule has 0 saturated heterocycles. The number of halogens is 2. The van der Waals surface area contributed by atoms with Gasteiger partial charge in [-0.25, -0.2) is 13.6 Å². The molecule has 4 nitrogen and oxygen atoms in total. The average Bonchev–Trinajstić information content (AvgIpc) is 2.43. The Morgan fingerprint density at radius 2 is 1.65 bits per heavy atom. The van der Waals surface area contributed by atoms with E-state index in [4.69, 9.17) is 5.26 Å². The molecule has 0 heterocycles. The minimum Gasteiger partial charge on any atom is -0.308 e. The average molecular weight is 273 g/mol. The molecule has 2 amide bonds. The molecule has 100 valence electrons.